The highest BCUT2D eigenvalue weighted by atomic mass is 19.1. The van der Waals surface area contributed by atoms with Crippen molar-refractivity contribution in [3.05, 3.63) is 54.5 Å². The summed E-state index contributed by atoms with van der Waals surface area (Å²) in [5.74, 6) is 2.39. The number of halogens is 1. The van der Waals surface area contributed by atoms with Crippen LogP contribution in [0.15, 0.2) is 48.7 Å². The molecule has 3 aromatic rings. The van der Waals surface area contributed by atoms with Crippen molar-refractivity contribution >= 4 is 17.7 Å². The summed E-state index contributed by atoms with van der Waals surface area (Å²) in [6.07, 6.45) is 1.81. The van der Waals surface area contributed by atoms with Gasteiger partial charge in [-0.05, 0) is 24.3 Å². The first kappa shape index (κ1) is 19.6. The predicted octanol–water partition coefficient (Wildman–Crippen LogP) is 2.24. The second-order valence-corrected chi connectivity index (χ2v) is 7.53. The Balaban J connectivity index is 1.43. The van der Waals surface area contributed by atoms with Crippen LogP contribution in [-0.4, -0.2) is 72.4 Å². The van der Waals surface area contributed by atoms with Gasteiger partial charge in [-0.1, -0.05) is 18.2 Å². The number of rotatable bonds is 4. The van der Waals surface area contributed by atoms with Crippen LogP contribution in [0, 0.1) is 5.82 Å². The second-order valence-electron chi connectivity index (χ2n) is 7.53. The summed E-state index contributed by atoms with van der Waals surface area (Å²) in [4.78, 5) is 25.1. The van der Waals surface area contributed by atoms with E-state index in [1.54, 1.807) is 6.07 Å². The monoisotopic (exact) mass is 421 g/mol. The average Bonchev–Trinajstić information content (AvgIpc) is 2.85. The third kappa shape index (κ3) is 4.41. The number of pyridine rings is 1. The Kier molecular flexibility index (Phi) is 5.57. The summed E-state index contributed by atoms with van der Waals surface area (Å²) < 4.78 is 19.3. The van der Waals surface area contributed by atoms with Crippen LogP contribution in [0.25, 0.3) is 11.4 Å². The van der Waals surface area contributed by atoms with Gasteiger partial charge in [0, 0.05) is 51.0 Å². The molecule has 2 saturated heterocycles. The molecule has 0 unspecified atom stereocenters. The standard InChI is InChI=1S/C22H24FN7O/c23-18-5-3-4-17(16-18)20-25-21(27-22(26-20)30-12-14-31-15-13-30)29-10-8-28(9-11-29)19-6-1-2-7-24-19/h1-7,16H,8-15H2. The molecule has 2 aromatic heterocycles. The van der Waals surface area contributed by atoms with Gasteiger partial charge in [0.05, 0.1) is 13.2 Å². The lowest BCUT2D eigenvalue weighted by molar-refractivity contribution is 0.122. The van der Waals surface area contributed by atoms with Crippen LogP contribution in [0.1, 0.15) is 0 Å². The third-order valence-corrected chi connectivity index (χ3v) is 5.52. The van der Waals surface area contributed by atoms with Gasteiger partial charge >= 0.3 is 0 Å². The Hall–Kier alpha value is -3.33. The van der Waals surface area contributed by atoms with Crippen LogP contribution < -0.4 is 14.7 Å². The molecular formula is C22H24FN7O. The van der Waals surface area contributed by atoms with E-state index in [4.69, 9.17) is 14.7 Å². The van der Waals surface area contributed by atoms with Crippen molar-refractivity contribution in [3.63, 3.8) is 0 Å². The maximum atomic E-state index is 13.8. The van der Waals surface area contributed by atoms with Crippen LogP contribution >= 0.6 is 0 Å². The fourth-order valence-electron chi connectivity index (χ4n) is 3.83. The highest BCUT2D eigenvalue weighted by Gasteiger charge is 2.23. The van der Waals surface area contributed by atoms with Crippen LogP contribution in [0.2, 0.25) is 0 Å². The summed E-state index contributed by atoms with van der Waals surface area (Å²) in [6.45, 7) is 5.91. The lowest BCUT2D eigenvalue weighted by Crippen LogP contribution is -2.47. The number of piperazine rings is 1. The Morgan fingerprint density at radius 3 is 2.13 bits per heavy atom. The van der Waals surface area contributed by atoms with Gasteiger partial charge in [0.2, 0.25) is 11.9 Å². The Morgan fingerprint density at radius 2 is 1.45 bits per heavy atom. The van der Waals surface area contributed by atoms with Crippen LogP contribution in [0.3, 0.4) is 0 Å². The number of benzene rings is 1. The van der Waals surface area contributed by atoms with Crippen molar-refractivity contribution in [2.75, 3.05) is 67.2 Å². The molecule has 2 aliphatic rings. The highest BCUT2D eigenvalue weighted by molar-refractivity contribution is 5.59. The minimum Gasteiger partial charge on any atom is -0.378 e. The number of anilines is 3. The Labute approximate surface area is 180 Å². The van der Waals surface area contributed by atoms with E-state index in [2.05, 4.69) is 24.7 Å². The molecule has 0 bridgehead atoms. The summed E-state index contributed by atoms with van der Waals surface area (Å²) in [5.41, 5.74) is 0.644. The van der Waals surface area contributed by atoms with E-state index in [0.29, 0.717) is 36.5 Å². The van der Waals surface area contributed by atoms with E-state index in [0.717, 1.165) is 45.1 Å². The van der Waals surface area contributed by atoms with E-state index in [-0.39, 0.29) is 5.82 Å². The number of morpholine rings is 1. The maximum Gasteiger partial charge on any atom is 0.230 e. The molecule has 160 valence electrons. The minimum absolute atomic E-state index is 0.309. The zero-order valence-electron chi connectivity index (χ0n) is 17.2. The fraction of sp³-hybridized carbons (Fsp3) is 0.364. The van der Waals surface area contributed by atoms with E-state index in [1.807, 2.05) is 30.5 Å². The van der Waals surface area contributed by atoms with Gasteiger partial charge in [-0.3, -0.25) is 0 Å². The number of nitrogens with zero attached hydrogens (tertiary/aromatic N) is 7. The van der Waals surface area contributed by atoms with E-state index >= 15 is 0 Å². The van der Waals surface area contributed by atoms with E-state index in [1.165, 1.54) is 12.1 Å². The molecular weight excluding hydrogens is 397 g/mol. The molecule has 0 aliphatic carbocycles. The van der Waals surface area contributed by atoms with Gasteiger partial charge < -0.3 is 19.4 Å². The van der Waals surface area contributed by atoms with Gasteiger partial charge in [-0.25, -0.2) is 9.37 Å². The van der Waals surface area contributed by atoms with E-state index < -0.39 is 0 Å². The van der Waals surface area contributed by atoms with Crippen molar-refractivity contribution in [3.8, 4) is 11.4 Å². The molecule has 0 radical (unpaired) electrons. The quantitative estimate of drug-likeness (QED) is 0.635. The molecule has 0 amide bonds. The second kappa shape index (κ2) is 8.81. The van der Waals surface area contributed by atoms with Gasteiger partial charge in [-0.15, -0.1) is 0 Å². The van der Waals surface area contributed by atoms with Crippen molar-refractivity contribution in [2.45, 2.75) is 0 Å². The van der Waals surface area contributed by atoms with Gasteiger partial charge in [-0.2, -0.15) is 15.0 Å². The summed E-state index contributed by atoms with van der Waals surface area (Å²) >= 11 is 0. The van der Waals surface area contributed by atoms with Crippen LogP contribution in [-0.2, 0) is 4.74 Å². The lowest BCUT2D eigenvalue weighted by Gasteiger charge is -2.36. The molecule has 5 rings (SSSR count). The molecule has 2 aliphatic heterocycles. The summed E-state index contributed by atoms with van der Waals surface area (Å²) in [6, 6.07) is 12.3. The van der Waals surface area contributed by atoms with Crippen LogP contribution in [0.4, 0.5) is 22.1 Å². The van der Waals surface area contributed by atoms with Crippen LogP contribution in [0.5, 0.6) is 0 Å². The van der Waals surface area contributed by atoms with Crippen molar-refractivity contribution in [1.29, 1.82) is 0 Å². The average molecular weight is 421 g/mol. The topological polar surface area (TPSA) is 70.5 Å². The SMILES string of the molecule is Fc1cccc(-c2nc(N3CCOCC3)nc(N3CCN(c4ccccn4)CC3)n2)c1. The van der Waals surface area contributed by atoms with Gasteiger partial charge in [0.15, 0.2) is 5.82 Å². The minimum atomic E-state index is -0.309. The number of hydrogen-bond acceptors (Lipinski definition) is 8. The predicted molar refractivity (Wildman–Crippen MR) is 117 cm³/mol. The first-order valence-corrected chi connectivity index (χ1v) is 10.5. The molecule has 1 aromatic carbocycles. The molecule has 0 saturated carbocycles. The fourth-order valence-corrected chi connectivity index (χ4v) is 3.83. The molecule has 8 nitrogen and oxygen atoms in total. The molecule has 4 heterocycles. The summed E-state index contributed by atoms with van der Waals surface area (Å²) in [5, 5.41) is 0. The van der Waals surface area contributed by atoms with Gasteiger partial charge in [0.1, 0.15) is 11.6 Å². The molecule has 0 N–H and O–H groups in total. The van der Waals surface area contributed by atoms with Crippen molar-refractivity contribution in [2.24, 2.45) is 0 Å². The Bertz CT molecular complexity index is 1020. The van der Waals surface area contributed by atoms with E-state index in [9.17, 15) is 4.39 Å². The summed E-state index contributed by atoms with van der Waals surface area (Å²) in [7, 11) is 0. The first-order chi connectivity index (χ1) is 15.3. The number of hydrogen-bond donors (Lipinski definition) is 0. The molecule has 2 fully saturated rings. The van der Waals surface area contributed by atoms with Crippen molar-refractivity contribution < 1.29 is 9.13 Å². The highest BCUT2D eigenvalue weighted by Crippen LogP contribution is 2.24. The van der Waals surface area contributed by atoms with Gasteiger partial charge in [0.25, 0.3) is 0 Å². The largest absolute Gasteiger partial charge is 0.378 e. The zero-order chi connectivity index (χ0) is 21.0. The lowest BCUT2D eigenvalue weighted by atomic mass is 10.2. The Morgan fingerprint density at radius 1 is 0.742 bits per heavy atom. The molecule has 31 heavy (non-hydrogen) atoms. The first-order valence-electron chi connectivity index (χ1n) is 10.5. The van der Waals surface area contributed by atoms with Crippen molar-refractivity contribution in [1.82, 2.24) is 19.9 Å². The maximum absolute atomic E-state index is 13.8. The molecule has 0 spiro atoms. The smallest absolute Gasteiger partial charge is 0.230 e. The number of ether oxygens (including phenoxy) is 1. The molecule has 0 atom stereocenters. The normalized spacial score (nSPS) is 17.1. The third-order valence-electron chi connectivity index (χ3n) is 5.52. The molecule has 9 heteroatoms. The zero-order valence-corrected chi connectivity index (χ0v) is 17.2. The number of aromatic nitrogens is 4.